The van der Waals surface area contributed by atoms with Crippen LogP contribution in [0.4, 0.5) is 0 Å². The third-order valence-corrected chi connectivity index (χ3v) is 5.60. The molecule has 0 amide bonds. The van der Waals surface area contributed by atoms with Gasteiger partial charge in [-0.05, 0) is 40.4 Å². The molecule has 0 aromatic heterocycles. The number of thioether (sulfide) groups is 1. The fourth-order valence-corrected chi connectivity index (χ4v) is 3.87. The van der Waals surface area contributed by atoms with Gasteiger partial charge in [0.2, 0.25) is 0 Å². The molecule has 0 bridgehead atoms. The summed E-state index contributed by atoms with van der Waals surface area (Å²) in [6.45, 7) is 2.05. The monoisotopic (exact) mass is 300 g/mol. The topological polar surface area (TPSA) is 37.3 Å². The highest BCUT2D eigenvalue weighted by Crippen LogP contribution is 2.59. The van der Waals surface area contributed by atoms with E-state index in [4.69, 9.17) is 0 Å². The van der Waals surface area contributed by atoms with E-state index in [2.05, 4.69) is 22.9 Å². The Bertz CT molecular complexity index is 421. The molecule has 1 aliphatic rings. The lowest BCUT2D eigenvalue weighted by atomic mass is 10.2. The lowest BCUT2D eigenvalue weighted by Gasteiger charge is -2.12. The number of carbonyl (C=O) groups is 1. The number of carboxylic acids is 1. The van der Waals surface area contributed by atoms with Gasteiger partial charge in [0.15, 0.2) is 0 Å². The molecule has 1 aliphatic carbocycles. The zero-order chi connectivity index (χ0) is 11.8. The maximum atomic E-state index is 11.3. The van der Waals surface area contributed by atoms with Gasteiger partial charge in [-0.3, -0.25) is 4.79 Å². The van der Waals surface area contributed by atoms with Crippen molar-refractivity contribution in [2.24, 2.45) is 5.92 Å². The SMILES string of the molecule is CCC1CC1(Sc1ccccc1Br)C(=O)O. The standard InChI is InChI=1S/C12H13BrO2S/c1-2-8-7-12(8,11(14)15)16-10-6-4-3-5-9(10)13/h3-6,8H,2,7H2,1H3,(H,14,15). The molecule has 86 valence electrons. The first-order valence-corrected chi connectivity index (χ1v) is 6.88. The van der Waals surface area contributed by atoms with Gasteiger partial charge in [-0.1, -0.05) is 25.5 Å². The Labute approximate surface area is 108 Å². The van der Waals surface area contributed by atoms with Crippen molar-refractivity contribution in [3.05, 3.63) is 28.7 Å². The molecule has 4 heteroatoms. The van der Waals surface area contributed by atoms with Crippen molar-refractivity contribution in [1.82, 2.24) is 0 Å². The van der Waals surface area contributed by atoms with Gasteiger partial charge >= 0.3 is 5.97 Å². The third-order valence-electron chi connectivity index (χ3n) is 3.03. The highest BCUT2D eigenvalue weighted by Gasteiger charge is 2.60. The van der Waals surface area contributed by atoms with Gasteiger partial charge in [0.1, 0.15) is 4.75 Å². The Morgan fingerprint density at radius 1 is 1.62 bits per heavy atom. The average Bonchev–Trinajstić information content (AvgIpc) is 2.97. The summed E-state index contributed by atoms with van der Waals surface area (Å²) in [5.74, 6) is -0.373. The first-order chi connectivity index (χ1) is 7.60. The minimum Gasteiger partial charge on any atom is -0.480 e. The van der Waals surface area contributed by atoms with Crippen molar-refractivity contribution >= 4 is 33.7 Å². The lowest BCUT2D eigenvalue weighted by molar-refractivity contribution is -0.137. The van der Waals surface area contributed by atoms with Crippen LogP contribution in [0.15, 0.2) is 33.6 Å². The number of hydrogen-bond donors (Lipinski definition) is 1. The van der Waals surface area contributed by atoms with Crippen LogP contribution < -0.4 is 0 Å². The molecular formula is C12H13BrO2S. The Kier molecular flexibility index (Phi) is 3.31. The second kappa shape index (κ2) is 4.41. The van der Waals surface area contributed by atoms with Gasteiger partial charge in [0.05, 0.1) is 0 Å². The van der Waals surface area contributed by atoms with E-state index in [1.165, 1.54) is 11.8 Å². The summed E-state index contributed by atoms with van der Waals surface area (Å²) in [4.78, 5) is 12.3. The Hall–Kier alpha value is -0.480. The van der Waals surface area contributed by atoms with Gasteiger partial charge in [-0.15, -0.1) is 11.8 Å². The van der Waals surface area contributed by atoms with Crippen molar-refractivity contribution in [2.45, 2.75) is 29.4 Å². The van der Waals surface area contributed by atoms with Crippen LogP contribution in [0.3, 0.4) is 0 Å². The Balaban J connectivity index is 2.21. The number of carboxylic acid groups (broad SMARTS) is 1. The quantitative estimate of drug-likeness (QED) is 0.919. The normalized spacial score (nSPS) is 27.8. The molecule has 1 saturated carbocycles. The Morgan fingerprint density at radius 3 is 2.81 bits per heavy atom. The van der Waals surface area contributed by atoms with E-state index < -0.39 is 10.7 Å². The number of hydrogen-bond acceptors (Lipinski definition) is 2. The first kappa shape index (κ1) is 12.0. The highest BCUT2D eigenvalue weighted by atomic mass is 79.9. The molecule has 1 aromatic rings. The van der Waals surface area contributed by atoms with Crippen molar-refractivity contribution < 1.29 is 9.90 Å². The number of rotatable bonds is 4. The molecule has 16 heavy (non-hydrogen) atoms. The van der Waals surface area contributed by atoms with Crippen LogP contribution in [0.5, 0.6) is 0 Å². The zero-order valence-corrected chi connectivity index (χ0v) is 11.3. The molecule has 2 nitrogen and oxygen atoms in total. The first-order valence-electron chi connectivity index (χ1n) is 5.27. The van der Waals surface area contributed by atoms with Crippen molar-refractivity contribution in [1.29, 1.82) is 0 Å². The lowest BCUT2D eigenvalue weighted by Crippen LogP contribution is -2.20. The van der Waals surface area contributed by atoms with Crippen LogP contribution in [0.25, 0.3) is 0 Å². The van der Waals surface area contributed by atoms with Gasteiger partial charge in [-0.2, -0.15) is 0 Å². The van der Waals surface area contributed by atoms with Crippen molar-refractivity contribution in [3.63, 3.8) is 0 Å². The van der Waals surface area contributed by atoms with Crippen molar-refractivity contribution in [3.8, 4) is 0 Å². The minimum absolute atomic E-state index is 0.308. The summed E-state index contributed by atoms with van der Waals surface area (Å²) in [5, 5.41) is 9.32. The van der Waals surface area contributed by atoms with E-state index in [-0.39, 0.29) is 0 Å². The molecule has 2 rings (SSSR count). The molecule has 0 saturated heterocycles. The average molecular weight is 301 g/mol. The molecule has 2 unspecified atom stereocenters. The van der Waals surface area contributed by atoms with Crippen LogP contribution in [0.2, 0.25) is 0 Å². The predicted molar refractivity (Wildman–Crippen MR) is 68.8 cm³/mol. The van der Waals surface area contributed by atoms with E-state index in [1.54, 1.807) is 0 Å². The second-order valence-electron chi connectivity index (χ2n) is 4.04. The number of aliphatic carboxylic acids is 1. The van der Waals surface area contributed by atoms with Crippen LogP contribution >= 0.6 is 27.7 Å². The molecule has 0 heterocycles. The molecule has 0 radical (unpaired) electrons. The third kappa shape index (κ3) is 2.00. The largest absolute Gasteiger partial charge is 0.480 e. The zero-order valence-electron chi connectivity index (χ0n) is 8.94. The highest BCUT2D eigenvalue weighted by molar-refractivity contribution is 9.10. The predicted octanol–water partition coefficient (Wildman–Crippen LogP) is 3.79. The fraction of sp³-hybridized carbons (Fsp3) is 0.417. The van der Waals surface area contributed by atoms with Crippen LogP contribution in [0, 0.1) is 5.92 Å². The van der Waals surface area contributed by atoms with E-state index in [0.717, 1.165) is 22.2 Å². The van der Waals surface area contributed by atoms with Crippen LogP contribution in [0.1, 0.15) is 19.8 Å². The van der Waals surface area contributed by atoms with Gasteiger partial charge in [-0.25, -0.2) is 0 Å². The summed E-state index contributed by atoms with van der Waals surface area (Å²) in [5.41, 5.74) is 0. The minimum atomic E-state index is -0.680. The van der Waals surface area contributed by atoms with E-state index >= 15 is 0 Å². The molecule has 1 N–H and O–H groups in total. The second-order valence-corrected chi connectivity index (χ2v) is 6.26. The summed E-state index contributed by atoms with van der Waals surface area (Å²) < 4.78 is 0.390. The maximum Gasteiger partial charge on any atom is 0.320 e. The molecule has 1 aromatic carbocycles. The number of halogens is 1. The molecule has 2 atom stereocenters. The smallest absolute Gasteiger partial charge is 0.320 e. The maximum absolute atomic E-state index is 11.3. The summed E-state index contributed by atoms with van der Waals surface area (Å²) >= 11 is 4.93. The van der Waals surface area contributed by atoms with E-state index in [9.17, 15) is 9.90 Å². The molecule has 0 aliphatic heterocycles. The van der Waals surface area contributed by atoms with Crippen LogP contribution in [-0.2, 0) is 4.79 Å². The molecular weight excluding hydrogens is 288 g/mol. The van der Waals surface area contributed by atoms with E-state index in [1.807, 2.05) is 24.3 Å². The Morgan fingerprint density at radius 2 is 2.31 bits per heavy atom. The van der Waals surface area contributed by atoms with Crippen molar-refractivity contribution in [2.75, 3.05) is 0 Å². The summed E-state index contributed by atoms with van der Waals surface area (Å²) in [6.07, 6.45) is 1.72. The fourth-order valence-electron chi connectivity index (χ4n) is 1.94. The number of benzene rings is 1. The molecule has 1 fully saturated rings. The van der Waals surface area contributed by atoms with Crippen LogP contribution in [-0.4, -0.2) is 15.8 Å². The van der Waals surface area contributed by atoms with E-state index in [0.29, 0.717) is 5.92 Å². The van der Waals surface area contributed by atoms with Gasteiger partial charge in [0, 0.05) is 9.37 Å². The molecule has 0 spiro atoms. The summed E-state index contributed by atoms with van der Waals surface area (Å²) in [7, 11) is 0. The van der Waals surface area contributed by atoms with Gasteiger partial charge in [0.25, 0.3) is 0 Å². The van der Waals surface area contributed by atoms with Gasteiger partial charge < -0.3 is 5.11 Å². The summed E-state index contributed by atoms with van der Waals surface area (Å²) in [6, 6.07) is 7.78.